The van der Waals surface area contributed by atoms with Crippen molar-refractivity contribution in [1.29, 1.82) is 0 Å². The van der Waals surface area contributed by atoms with Gasteiger partial charge >= 0.3 is 5.97 Å². The van der Waals surface area contributed by atoms with Crippen LogP contribution in [0.1, 0.15) is 42.5 Å². The molecule has 0 radical (unpaired) electrons. The van der Waals surface area contributed by atoms with Gasteiger partial charge in [0.1, 0.15) is 11.3 Å². The molecule has 5 N–H and O–H groups in total. The fourth-order valence-electron chi connectivity index (χ4n) is 2.46. The highest BCUT2D eigenvalue weighted by Crippen LogP contribution is 2.28. The largest absolute Gasteiger partial charge is 0.507 e. The van der Waals surface area contributed by atoms with Crippen LogP contribution in [0.15, 0.2) is 18.2 Å². The number of anilines is 1. The topological polar surface area (TPSA) is 113 Å². The second kappa shape index (κ2) is 5.50. The van der Waals surface area contributed by atoms with Crippen LogP contribution in [-0.4, -0.2) is 27.6 Å². The molecule has 6 nitrogen and oxygen atoms in total. The first-order chi connectivity index (χ1) is 9.42. The number of carboxylic acid groups (broad SMARTS) is 1. The number of phenols is 1. The summed E-state index contributed by atoms with van der Waals surface area (Å²) in [7, 11) is 0. The monoisotopic (exact) mass is 278 g/mol. The molecule has 0 bridgehead atoms. The minimum absolute atomic E-state index is 0.205. The lowest BCUT2D eigenvalue weighted by atomic mass is 9.82. The minimum Gasteiger partial charge on any atom is -0.507 e. The third-order valence-electron chi connectivity index (χ3n) is 3.68. The molecular formula is C14H18N2O4. The van der Waals surface area contributed by atoms with Gasteiger partial charge < -0.3 is 21.3 Å². The number of aromatic carboxylic acids is 1. The van der Waals surface area contributed by atoms with Gasteiger partial charge in [-0.3, -0.25) is 4.79 Å². The molecule has 0 heterocycles. The highest BCUT2D eigenvalue weighted by Gasteiger charge is 2.35. The van der Waals surface area contributed by atoms with E-state index in [0.29, 0.717) is 18.5 Å². The third-order valence-corrected chi connectivity index (χ3v) is 3.68. The van der Waals surface area contributed by atoms with Crippen molar-refractivity contribution in [2.75, 3.05) is 5.32 Å². The average molecular weight is 278 g/mol. The number of hydrogen-bond acceptors (Lipinski definition) is 4. The first kappa shape index (κ1) is 14.3. The van der Waals surface area contributed by atoms with Gasteiger partial charge in [-0.15, -0.1) is 0 Å². The minimum atomic E-state index is -1.22. The Morgan fingerprint density at radius 3 is 2.40 bits per heavy atom. The summed E-state index contributed by atoms with van der Waals surface area (Å²) in [6, 6.07) is 3.90. The maximum Gasteiger partial charge on any atom is 0.339 e. The van der Waals surface area contributed by atoms with E-state index in [1.807, 2.05) is 0 Å². The van der Waals surface area contributed by atoms with Crippen LogP contribution in [0.25, 0.3) is 0 Å². The van der Waals surface area contributed by atoms with Crippen LogP contribution in [0.5, 0.6) is 5.75 Å². The van der Waals surface area contributed by atoms with Gasteiger partial charge in [0.25, 0.3) is 0 Å². The Kier molecular flexibility index (Phi) is 3.94. The van der Waals surface area contributed by atoms with Crippen molar-refractivity contribution in [3.8, 4) is 5.75 Å². The van der Waals surface area contributed by atoms with Crippen molar-refractivity contribution in [2.24, 2.45) is 5.73 Å². The highest BCUT2D eigenvalue weighted by molar-refractivity contribution is 5.99. The molecule has 2 rings (SSSR count). The summed E-state index contributed by atoms with van der Waals surface area (Å²) >= 11 is 0. The van der Waals surface area contributed by atoms with E-state index in [4.69, 9.17) is 10.8 Å². The number of nitrogens with two attached hydrogens (primary N) is 1. The van der Waals surface area contributed by atoms with Crippen LogP contribution in [-0.2, 0) is 4.79 Å². The van der Waals surface area contributed by atoms with Crippen LogP contribution in [0.4, 0.5) is 5.69 Å². The van der Waals surface area contributed by atoms with Crippen LogP contribution in [0, 0.1) is 0 Å². The summed E-state index contributed by atoms with van der Waals surface area (Å²) in [5, 5.41) is 21.0. The molecule has 1 saturated carbocycles. The Bertz CT molecular complexity index is 536. The van der Waals surface area contributed by atoms with Crippen molar-refractivity contribution in [2.45, 2.75) is 37.6 Å². The summed E-state index contributed by atoms with van der Waals surface area (Å²) < 4.78 is 0. The first-order valence-corrected chi connectivity index (χ1v) is 6.59. The summed E-state index contributed by atoms with van der Waals surface area (Å²) in [4.78, 5) is 23.0. The van der Waals surface area contributed by atoms with Crippen LogP contribution < -0.4 is 11.1 Å². The fourth-order valence-corrected chi connectivity index (χ4v) is 2.46. The highest BCUT2D eigenvalue weighted by atomic mass is 16.4. The maximum atomic E-state index is 12.2. The van der Waals surface area contributed by atoms with Crippen LogP contribution in [0.2, 0.25) is 0 Å². The molecule has 1 aromatic rings. The number of carbonyl (C=O) groups excluding carboxylic acids is 1. The van der Waals surface area contributed by atoms with Crippen molar-refractivity contribution < 1.29 is 19.8 Å². The Hall–Kier alpha value is -2.08. The quantitative estimate of drug-likeness (QED) is 0.672. The van der Waals surface area contributed by atoms with Gasteiger partial charge in [-0.25, -0.2) is 4.79 Å². The number of aromatic hydroxyl groups is 1. The van der Waals surface area contributed by atoms with Crippen LogP contribution in [0.3, 0.4) is 0 Å². The lowest BCUT2D eigenvalue weighted by molar-refractivity contribution is -0.122. The van der Waals surface area contributed by atoms with E-state index in [-0.39, 0.29) is 17.2 Å². The van der Waals surface area contributed by atoms with Gasteiger partial charge in [0.05, 0.1) is 5.54 Å². The van der Waals surface area contributed by atoms with Gasteiger partial charge in [0.2, 0.25) is 5.91 Å². The summed E-state index contributed by atoms with van der Waals surface area (Å²) in [6.07, 6.45) is 4.20. The van der Waals surface area contributed by atoms with Gasteiger partial charge in [0.15, 0.2) is 0 Å². The zero-order valence-electron chi connectivity index (χ0n) is 11.1. The molecule has 20 heavy (non-hydrogen) atoms. The zero-order chi connectivity index (χ0) is 14.8. The predicted molar refractivity (Wildman–Crippen MR) is 73.7 cm³/mol. The van der Waals surface area contributed by atoms with Gasteiger partial charge in [-0.1, -0.05) is 19.3 Å². The zero-order valence-corrected chi connectivity index (χ0v) is 11.1. The number of hydrogen-bond donors (Lipinski definition) is 4. The molecule has 0 aromatic heterocycles. The standard InChI is InChI=1S/C14H18N2O4/c15-14(6-2-1-3-7-14)13(20)16-9-4-5-10(12(18)19)11(17)8-9/h4-5,8,17H,1-3,6-7,15H2,(H,16,20)(H,18,19). The van der Waals surface area contributed by atoms with E-state index in [2.05, 4.69) is 5.32 Å². The Balaban J connectivity index is 2.12. The summed E-state index contributed by atoms with van der Waals surface area (Å²) in [5.41, 5.74) is 5.36. The molecule has 1 aromatic carbocycles. The van der Waals surface area contributed by atoms with E-state index in [0.717, 1.165) is 19.3 Å². The molecule has 0 unspecified atom stereocenters. The summed E-state index contributed by atoms with van der Waals surface area (Å²) in [6.45, 7) is 0. The number of rotatable bonds is 3. The first-order valence-electron chi connectivity index (χ1n) is 6.59. The number of amides is 1. The fraction of sp³-hybridized carbons (Fsp3) is 0.429. The predicted octanol–water partition coefficient (Wildman–Crippen LogP) is 1.69. The maximum absolute atomic E-state index is 12.2. The second-order valence-electron chi connectivity index (χ2n) is 5.21. The van der Waals surface area contributed by atoms with Crippen molar-refractivity contribution in [1.82, 2.24) is 0 Å². The lowest BCUT2D eigenvalue weighted by Gasteiger charge is -2.31. The molecule has 0 saturated heterocycles. The number of carbonyl (C=O) groups is 2. The van der Waals surface area contributed by atoms with Crippen LogP contribution >= 0.6 is 0 Å². The SMILES string of the molecule is NC1(C(=O)Nc2ccc(C(=O)O)c(O)c2)CCCCC1. The molecular weight excluding hydrogens is 260 g/mol. The molecule has 0 aliphatic heterocycles. The molecule has 1 amide bonds. The summed E-state index contributed by atoms with van der Waals surface area (Å²) in [5.74, 6) is -1.90. The van der Waals surface area contributed by atoms with Crippen molar-refractivity contribution >= 4 is 17.6 Å². The van der Waals surface area contributed by atoms with E-state index in [1.54, 1.807) is 0 Å². The Morgan fingerprint density at radius 2 is 1.85 bits per heavy atom. The Morgan fingerprint density at radius 1 is 1.20 bits per heavy atom. The number of benzene rings is 1. The number of nitrogens with one attached hydrogen (secondary N) is 1. The van der Waals surface area contributed by atoms with Gasteiger partial charge in [-0.2, -0.15) is 0 Å². The van der Waals surface area contributed by atoms with E-state index in [1.165, 1.54) is 18.2 Å². The molecule has 6 heteroatoms. The van der Waals surface area contributed by atoms with Gasteiger partial charge in [-0.05, 0) is 25.0 Å². The lowest BCUT2D eigenvalue weighted by Crippen LogP contribution is -2.52. The van der Waals surface area contributed by atoms with E-state index in [9.17, 15) is 14.7 Å². The van der Waals surface area contributed by atoms with Gasteiger partial charge in [0, 0.05) is 11.8 Å². The van der Waals surface area contributed by atoms with E-state index < -0.39 is 11.5 Å². The molecule has 1 fully saturated rings. The molecule has 108 valence electrons. The Labute approximate surface area is 116 Å². The molecule has 1 aliphatic carbocycles. The average Bonchev–Trinajstić information content (AvgIpc) is 2.39. The van der Waals surface area contributed by atoms with Crippen molar-refractivity contribution in [3.63, 3.8) is 0 Å². The second-order valence-corrected chi connectivity index (χ2v) is 5.21. The molecule has 1 aliphatic rings. The third kappa shape index (κ3) is 2.91. The van der Waals surface area contributed by atoms with Crippen molar-refractivity contribution in [3.05, 3.63) is 23.8 Å². The molecule has 0 spiro atoms. The molecule has 0 atom stereocenters. The number of carboxylic acids is 1. The normalized spacial score (nSPS) is 17.4. The smallest absolute Gasteiger partial charge is 0.339 e. The van der Waals surface area contributed by atoms with E-state index >= 15 is 0 Å².